The predicted molar refractivity (Wildman–Crippen MR) is 117 cm³/mol. The largest absolute Gasteiger partial charge is 0.372 e. The van der Waals surface area contributed by atoms with Gasteiger partial charge in [-0.05, 0) is 61.7 Å². The Morgan fingerprint density at radius 1 is 0.964 bits per heavy atom. The van der Waals surface area contributed by atoms with Crippen LogP contribution >= 0.6 is 0 Å². The molecule has 5 heteroatoms. The first kappa shape index (κ1) is 18.3. The highest BCUT2D eigenvalue weighted by Crippen LogP contribution is 2.24. The number of fused-ring (bicyclic) bond motifs is 1. The molecular weight excluding hydrogens is 346 g/mol. The van der Waals surface area contributed by atoms with Crippen LogP contribution in [-0.2, 0) is 13.0 Å². The van der Waals surface area contributed by atoms with E-state index in [1.807, 2.05) is 12.3 Å². The molecule has 5 nitrogen and oxygen atoms in total. The molecule has 0 amide bonds. The molecular formula is C23H27N5. The highest BCUT2D eigenvalue weighted by Gasteiger charge is 2.17. The van der Waals surface area contributed by atoms with Crippen LogP contribution in [0, 0.1) is 0 Å². The lowest BCUT2D eigenvalue weighted by Gasteiger charge is -2.29. The molecule has 0 unspecified atom stereocenters. The molecule has 0 saturated carbocycles. The second-order valence-corrected chi connectivity index (χ2v) is 7.02. The van der Waals surface area contributed by atoms with E-state index in [0.29, 0.717) is 5.95 Å². The van der Waals surface area contributed by atoms with Gasteiger partial charge in [-0.1, -0.05) is 24.3 Å². The van der Waals surface area contributed by atoms with Gasteiger partial charge in [-0.15, -0.1) is 0 Å². The van der Waals surface area contributed by atoms with Gasteiger partial charge in [0.2, 0.25) is 5.95 Å². The summed E-state index contributed by atoms with van der Waals surface area (Å²) in [6.07, 6.45) is 2.88. The number of hydrogen-bond donors (Lipinski definition) is 1. The Kier molecular flexibility index (Phi) is 5.42. The monoisotopic (exact) mass is 373 g/mol. The van der Waals surface area contributed by atoms with Crippen molar-refractivity contribution >= 4 is 23.1 Å². The summed E-state index contributed by atoms with van der Waals surface area (Å²) in [6.45, 7) is 8.24. The number of aromatic nitrogens is 2. The van der Waals surface area contributed by atoms with Gasteiger partial charge in [-0.3, -0.25) is 0 Å². The van der Waals surface area contributed by atoms with E-state index in [0.717, 1.165) is 44.1 Å². The number of benzene rings is 2. The standard InChI is InChI=1S/C23H27N5/c1-3-27(4-2)21-11-9-20(10-12-21)25-23-24-15-13-22(26-23)28-16-14-18-7-5-6-8-19(18)17-28/h5-13,15H,3-4,14,16-17H2,1-2H3,(H,24,25,26). The number of anilines is 4. The Bertz CT molecular complexity index is 918. The molecule has 4 rings (SSSR count). The molecule has 0 saturated heterocycles. The molecule has 2 aromatic carbocycles. The van der Waals surface area contributed by atoms with Crippen molar-refractivity contribution in [2.24, 2.45) is 0 Å². The van der Waals surface area contributed by atoms with Crippen molar-refractivity contribution in [1.82, 2.24) is 9.97 Å². The molecule has 0 bridgehead atoms. The first-order valence-electron chi connectivity index (χ1n) is 10.0. The zero-order valence-corrected chi connectivity index (χ0v) is 16.6. The predicted octanol–water partition coefficient (Wildman–Crippen LogP) is 4.63. The molecule has 144 valence electrons. The molecule has 1 aliphatic rings. The Balaban J connectivity index is 1.47. The molecule has 1 aromatic heterocycles. The van der Waals surface area contributed by atoms with Crippen molar-refractivity contribution in [3.05, 3.63) is 71.9 Å². The number of nitrogens with zero attached hydrogens (tertiary/aromatic N) is 4. The summed E-state index contributed by atoms with van der Waals surface area (Å²) in [4.78, 5) is 13.8. The van der Waals surface area contributed by atoms with Gasteiger partial charge in [0, 0.05) is 43.8 Å². The summed E-state index contributed by atoms with van der Waals surface area (Å²) in [6, 6.07) is 19.1. The van der Waals surface area contributed by atoms with Crippen LogP contribution in [-0.4, -0.2) is 29.6 Å². The van der Waals surface area contributed by atoms with Crippen LogP contribution in [0.2, 0.25) is 0 Å². The summed E-state index contributed by atoms with van der Waals surface area (Å²) in [5.74, 6) is 1.60. The summed E-state index contributed by atoms with van der Waals surface area (Å²) >= 11 is 0. The zero-order valence-electron chi connectivity index (χ0n) is 16.6. The van der Waals surface area contributed by atoms with E-state index in [2.05, 4.69) is 82.5 Å². The first-order chi connectivity index (χ1) is 13.8. The smallest absolute Gasteiger partial charge is 0.229 e. The van der Waals surface area contributed by atoms with Crippen molar-refractivity contribution in [2.45, 2.75) is 26.8 Å². The van der Waals surface area contributed by atoms with Crippen LogP contribution in [0.5, 0.6) is 0 Å². The summed E-state index contributed by atoms with van der Waals surface area (Å²) in [7, 11) is 0. The third-order valence-corrected chi connectivity index (χ3v) is 5.35. The maximum Gasteiger partial charge on any atom is 0.229 e. The quantitative estimate of drug-likeness (QED) is 0.682. The van der Waals surface area contributed by atoms with Crippen LogP contribution < -0.4 is 15.1 Å². The second kappa shape index (κ2) is 8.30. The second-order valence-electron chi connectivity index (χ2n) is 7.02. The summed E-state index contributed by atoms with van der Waals surface area (Å²) < 4.78 is 0. The fraction of sp³-hybridized carbons (Fsp3) is 0.304. The Hall–Kier alpha value is -3.08. The lowest BCUT2D eigenvalue weighted by atomic mass is 10.00. The van der Waals surface area contributed by atoms with E-state index in [4.69, 9.17) is 4.98 Å². The highest BCUT2D eigenvalue weighted by atomic mass is 15.2. The van der Waals surface area contributed by atoms with Gasteiger partial charge in [-0.25, -0.2) is 4.98 Å². The van der Waals surface area contributed by atoms with E-state index < -0.39 is 0 Å². The topological polar surface area (TPSA) is 44.3 Å². The first-order valence-corrected chi connectivity index (χ1v) is 10.0. The van der Waals surface area contributed by atoms with Gasteiger partial charge in [-0.2, -0.15) is 4.98 Å². The molecule has 0 aliphatic carbocycles. The Morgan fingerprint density at radius 3 is 2.46 bits per heavy atom. The van der Waals surface area contributed by atoms with Crippen molar-refractivity contribution < 1.29 is 0 Å². The van der Waals surface area contributed by atoms with Crippen molar-refractivity contribution in [3.8, 4) is 0 Å². The molecule has 1 aliphatic heterocycles. The molecule has 0 atom stereocenters. The van der Waals surface area contributed by atoms with Gasteiger partial charge in [0.05, 0.1) is 0 Å². The van der Waals surface area contributed by atoms with Gasteiger partial charge >= 0.3 is 0 Å². The average molecular weight is 374 g/mol. The summed E-state index contributed by atoms with van der Waals surface area (Å²) in [5, 5.41) is 3.34. The molecule has 1 N–H and O–H groups in total. The van der Waals surface area contributed by atoms with Crippen LogP contribution in [0.3, 0.4) is 0 Å². The lowest BCUT2D eigenvalue weighted by molar-refractivity contribution is 0.720. The van der Waals surface area contributed by atoms with E-state index >= 15 is 0 Å². The normalized spacial score (nSPS) is 13.1. The van der Waals surface area contributed by atoms with Crippen molar-refractivity contribution in [2.75, 3.05) is 34.8 Å². The fourth-order valence-corrected chi connectivity index (χ4v) is 3.75. The number of hydrogen-bond acceptors (Lipinski definition) is 5. The third kappa shape index (κ3) is 3.93. The fourth-order valence-electron chi connectivity index (χ4n) is 3.75. The minimum absolute atomic E-state index is 0.631. The minimum Gasteiger partial charge on any atom is -0.372 e. The maximum atomic E-state index is 4.75. The number of rotatable bonds is 6. The Labute approximate surface area is 167 Å². The SMILES string of the molecule is CCN(CC)c1ccc(Nc2nccc(N3CCc4ccccc4C3)n2)cc1. The van der Waals surface area contributed by atoms with Crippen LogP contribution in [0.15, 0.2) is 60.8 Å². The third-order valence-electron chi connectivity index (χ3n) is 5.35. The van der Waals surface area contributed by atoms with E-state index in [1.54, 1.807) is 0 Å². The molecule has 0 spiro atoms. The zero-order chi connectivity index (χ0) is 19.3. The Morgan fingerprint density at radius 2 is 1.71 bits per heavy atom. The molecule has 0 fully saturated rings. The molecule has 0 radical (unpaired) electrons. The van der Waals surface area contributed by atoms with E-state index in [9.17, 15) is 0 Å². The van der Waals surface area contributed by atoms with Gasteiger partial charge in [0.25, 0.3) is 0 Å². The van der Waals surface area contributed by atoms with Crippen molar-refractivity contribution in [1.29, 1.82) is 0 Å². The maximum absolute atomic E-state index is 4.75. The molecule has 28 heavy (non-hydrogen) atoms. The van der Waals surface area contributed by atoms with Gasteiger partial charge in [0.15, 0.2) is 0 Å². The van der Waals surface area contributed by atoms with Crippen LogP contribution in [0.25, 0.3) is 0 Å². The van der Waals surface area contributed by atoms with Crippen LogP contribution in [0.4, 0.5) is 23.1 Å². The van der Waals surface area contributed by atoms with Gasteiger partial charge < -0.3 is 15.1 Å². The van der Waals surface area contributed by atoms with E-state index in [-0.39, 0.29) is 0 Å². The molecule has 3 aromatic rings. The minimum atomic E-state index is 0.631. The summed E-state index contributed by atoms with van der Waals surface area (Å²) in [5.41, 5.74) is 5.06. The van der Waals surface area contributed by atoms with Crippen molar-refractivity contribution in [3.63, 3.8) is 0 Å². The molecule has 2 heterocycles. The lowest BCUT2D eigenvalue weighted by Crippen LogP contribution is -2.31. The average Bonchev–Trinajstić information content (AvgIpc) is 2.75. The van der Waals surface area contributed by atoms with Gasteiger partial charge in [0.1, 0.15) is 5.82 Å². The van der Waals surface area contributed by atoms with Crippen LogP contribution in [0.1, 0.15) is 25.0 Å². The highest BCUT2D eigenvalue weighted by molar-refractivity contribution is 5.60. The van der Waals surface area contributed by atoms with E-state index in [1.165, 1.54) is 16.8 Å². The number of nitrogens with one attached hydrogen (secondary N) is 1.